The molecule has 0 fully saturated rings. The Morgan fingerprint density at radius 2 is 2.12 bits per heavy atom. The highest BCUT2D eigenvalue weighted by atomic mass is 16.7. The van der Waals surface area contributed by atoms with E-state index in [1.54, 1.807) is 12.1 Å². The van der Waals surface area contributed by atoms with Crippen molar-refractivity contribution in [2.45, 2.75) is 39.6 Å². The Bertz CT molecular complexity index is 1210. The number of nitrogen functional groups attached to an aromatic ring is 1. The Hall–Kier alpha value is -4.00. The molecule has 1 unspecified atom stereocenters. The summed E-state index contributed by atoms with van der Waals surface area (Å²) in [6, 6.07) is 5.28. The van der Waals surface area contributed by atoms with Crippen molar-refractivity contribution in [1.82, 2.24) is 19.5 Å². The first kappa shape index (κ1) is 23.7. The van der Waals surface area contributed by atoms with Crippen molar-refractivity contribution in [2.75, 3.05) is 18.9 Å². The summed E-state index contributed by atoms with van der Waals surface area (Å²) in [5.74, 6) is -0.245. The number of fused-ring (bicyclic) bond motifs is 1. The maximum absolute atomic E-state index is 12.0. The molecule has 0 saturated heterocycles. The van der Waals surface area contributed by atoms with Gasteiger partial charge in [-0.3, -0.25) is 29.3 Å². The van der Waals surface area contributed by atoms with Crippen LogP contribution in [0.25, 0.3) is 11.2 Å². The lowest BCUT2D eigenvalue weighted by atomic mass is 10.1. The van der Waals surface area contributed by atoms with Crippen LogP contribution in [0.4, 0.5) is 5.95 Å². The summed E-state index contributed by atoms with van der Waals surface area (Å²) in [6.45, 7) is 3.71. The lowest BCUT2D eigenvalue weighted by Gasteiger charge is -2.14. The number of hydrogen-bond acceptors (Lipinski definition) is 10. The van der Waals surface area contributed by atoms with E-state index in [0.717, 1.165) is 11.1 Å². The summed E-state index contributed by atoms with van der Waals surface area (Å²) in [6.07, 6.45) is -0.310. The molecule has 13 heteroatoms. The number of aromatic amines is 1. The lowest BCUT2D eigenvalue weighted by molar-refractivity contribution is -0.563. The summed E-state index contributed by atoms with van der Waals surface area (Å²) >= 11 is 0. The van der Waals surface area contributed by atoms with Crippen LogP contribution >= 0.6 is 0 Å². The van der Waals surface area contributed by atoms with E-state index in [9.17, 15) is 19.7 Å². The van der Waals surface area contributed by atoms with Gasteiger partial charge in [-0.15, -0.1) is 0 Å². The molecule has 1 atom stereocenters. The molecule has 3 N–H and O–H groups in total. The Morgan fingerprint density at radius 3 is 2.88 bits per heavy atom. The van der Waals surface area contributed by atoms with Gasteiger partial charge in [0.25, 0.3) is 5.56 Å². The molecule has 0 bridgehead atoms. The molecule has 3 rings (SSSR count). The normalized spacial score (nSPS) is 11.9. The van der Waals surface area contributed by atoms with Crippen molar-refractivity contribution in [3.8, 4) is 5.75 Å². The fourth-order valence-electron chi connectivity index (χ4n) is 2.96. The highest BCUT2D eigenvalue weighted by Crippen LogP contribution is 2.23. The number of nitrogens with zero attached hydrogens (tertiary/aromatic N) is 4. The molecule has 0 aliphatic carbocycles. The number of nitrogens with two attached hydrogens (primary N) is 1. The number of aromatic nitrogens is 4. The Labute approximate surface area is 187 Å². The average Bonchev–Trinajstić information content (AvgIpc) is 3.16. The molecule has 0 aliphatic heterocycles. The van der Waals surface area contributed by atoms with Gasteiger partial charge in [0.1, 0.15) is 19.1 Å². The van der Waals surface area contributed by atoms with Gasteiger partial charge in [0, 0.05) is 0 Å². The third kappa shape index (κ3) is 6.04. The van der Waals surface area contributed by atoms with Gasteiger partial charge in [-0.2, -0.15) is 4.98 Å². The monoisotopic (exact) mass is 460 g/mol. The standard InChI is InChI=1S/C20H24N6O7/c1-12-4-3-5-14(13(12)2)33-15(26(29)30)6-7-16(27)32-9-8-31-11-25-10-22-17-18(25)23-20(21)24-19(17)28/h3-5,10,15H,6-9,11H2,1-2H3,(H3,21,23,24,28). The number of hydrogen-bond donors (Lipinski definition) is 2. The van der Waals surface area contributed by atoms with E-state index in [2.05, 4.69) is 15.0 Å². The van der Waals surface area contributed by atoms with Gasteiger partial charge in [0.05, 0.1) is 30.7 Å². The fraction of sp³-hybridized carbons (Fsp3) is 0.400. The number of nitro groups is 1. The topological polar surface area (TPSA) is 177 Å². The lowest BCUT2D eigenvalue weighted by Crippen LogP contribution is -2.28. The molecule has 1 aromatic carbocycles. The summed E-state index contributed by atoms with van der Waals surface area (Å²) < 4.78 is 17.4. The fourth-order valence-corrected chi connectivity index (χ4v) is 2.96. The highest BCUT2D eigenvalue weighted by molar-refractivity contribution is 5.70. The quantitative estimate of drug-likeness (QED) is 0.139. The van der Waals surface area contributed by atoms with Gasteiger partial charge < -0.3 is 19.9 Å². The predicted molar refractivity (Wildman–Crippen MR) is 116 cm³/mol. The highest BCUT2D eigenvalue weighted by Gasteiger charge is 2.24. The third-order valence-corrected chi connectivity index (χ3v) is 4.86. The average molecular weight is 460 g/mol. The van der Waals surface area contributed by atoms with E-state index >= 15 is 0 Å². The van der Waals surface area contributed by atoms with Crippen LogP contribution in [0.2, 0.25) is 0 Å². The molecule has 2 heterocycles. The molecule has 0 aliphatic rings. The van der Waals surface area contributed by atoms with E-state index < -0.39 is 22.7 Å². The van der Waals surface area contributed by atoms with E-state index in [-0.39, 0.29) is 49.9 Å². The number of imidazole rings is 1. The molecule has 33 heavy (non-hydrogen) atoms. The van der Waals surface area contributed by atoms with Crippen LogP contribution in [0, 0.1) is 24.0 Å². The number of nitrogens with one attached hydrogen (secondary N) is 1. The van der Waals surface area contributed by atoms with Crippen molar-refractivity contribution in [2.24, 2.45) is 0 Å². The van der Waals surface area contributed by atoms with Crippen LogP contribution in [0.15, 0.2) is 29.3 Å². The Kier molecular flexibility index (Phi) is 7.56. The van der Waals surface area contributed by atoms with Crippen LogP contribution < -0.4 is 16.0 Å². The maximum Gasteiger partial charge on any atom is 0.354 e. The van der Waals surface area contributed by atoms with Gasteiger partial charge in [0.15, 0.2) is 11.2 Å². The van der Waals surface area contributed by atoms with Gasteiger partial charge >= 0.3 is 12.2 Å². The second-order valence-corrected chi connectivity index (χ2v) is 7.19. The van der Waals surface area contributed by atoms with Crippen molar-refractivity contribution >= 4 is 23.1 Å². The first-order chi connectivity index (χ1) is 15.8. The zero-order chi connectivity index (χ0) is 24.0. The molecular weight excluding hydrogens is 436 g/mol. The van der Waals surface area contributed by atoms with Crippen LogP contribution in [0.5, 0.6) is 5.75 Å². The van der Waals surface area contributed by atoms with E-state index in [1.807, 2.05) is 19.9 Å². The number of rotatable bonds is 11. The number of anilines is 1. The molecule has 0 radical (unpaired) electrons. The molecule has 2 aromatic heterocycles. The summed E-state index contributed by atoms with van der Waals surface area (Å²) in [4.78, 5) is 44.8. The molecular formula is C20H24N6O7. The maximum atomic E-state index is 12.0. The van der Waals surface area contributed by atoms with Gasteiger partial charge in [-0.1, -0.05) is 12.1 Å². The predicted octanol–water partition coefficient (Wildman–Crippen LogP) is 1.30. The molecule has 0 spiro atoms. The smallest absolute Gasteiger partial charge is 0.354 e. The van der Waals surface area contributed by atoms with Crippen molar-refractivity contribution < 1.29 is 23.9 Å². The number of carbonyl (C=O) groups is 1. The molecule has 0 saturated carbocycles. The van der Waals surface area contributed by atoms with E-state index in [0.29, 0.717) is 5.75 Å². The first-order valence-electron chi connectivity index (χ1n) is 10.1. The zero-order valence-corrected chi connectivity index (χ0v) is 18.1. The third-order valence-electron chi connectivity index (χ3n) is 4.86. The van der Waals surface area contributed by atoms with Crippen molar-refractivity contribution in [3.63, 3.8) is 0 Å². The van der Waals surface area contributed by atoms with Gasteiger partial charge in [-0.25, -0.2) is 4.98 Å². The van der Waals surface area contributed by atoms with Crippen LogP contribution in [-0.4, -0.2) is 49.9 Å². The second kappa shape index (κ2) is 10.5. The second-order valence-electron chi connectivity index (χ2n) is 7.19. The zero-order valence-electron chi connectivity index (χ0n) is 18.1. The molecule has 0 amide bonds. The number of aryl methyl sites for hydroxylation is 1. The largest absolute Gasteiger partial charge is 0.463 e. The van der Waals surface area contributed by atoms with Crippen molar-refractivity contribution in [3.05, 3.63) is 56.1 Å². The van der Waals surface area contributed by atoms with Gasteiger partial charge in [-0.05, 0) is 31.0 Å². The number of esters is 1. The molecule has 3 aromatic rings. The van der Waals surface area contributed by atoms with Crippen LogP contribution in [0.3, 0.4) is 0 Å². The minimum absolute atomic E-state index is 0.0109. The summed E-state index contributed by atoms with van der Waals surface area (Å²) in [5, 5.41) is 11.3. The minimum Gasteiger partial charge on any atom is -0.463 e. The number of benzene rings is 1. The van der Waals surface area contributed by atoms with Gasteiger partial charge in [0.2, 0.25) is 5.95 Å². The Balaban J connectivity index is 1.41. The number of carbonyl (C=O) groups excluding carboxylic acids is 1. The minimum atomic E-state index is -1.37. The summed E-state index contributed by atoms with van der Waals surface area (Å²) in [5.41, 5.74) is 7.22. The van der Waals surface area contributed by atoms with Crippen LogP contribution in [-0.2, 0) is 21.0 Å². The first-order valence-corrected chi connectivity index (χ1v) is 10.1. The Morgan fingerprint density at radius 1 is 1.33 bits per heavy atom. The van der Waals surface area contributed by atoms with E-state index in [1.165, 1.54) is 10.9 Å². The van der Waals surface area contributed by atoms with Crippen LogP contribution in [0.1, 0.15) is 24.0 Å². The number of ether oxygens (including phenoxy) is 3. The number of H-pyrrole nitrogens is 1. The van der Waals surface area contributed by atoms with Crippen molar-refractivity contribution in [1.29, 1.82) is 0 Å². The van der Waals surface area contributed by atoms with E-state index in [4.69, 9.17) is 19.9 Å². The SMILES string of the molecule is Cc1cccc(OC(CCC(=O)OCCOCn2cnc3c(=O)[nH]c(N)nc32)[N+](=O)[O-])c1C. The molecule has 176 valence electrons. The summed E-state index contributed by atoms with van der Waals surface area (Å²) in [7, 11) is 0. The molecule has 13 nitrogen and oxygen atoms in total.